The molecule has 150 valence electrons. The molecule has 0 aromatic heterocycles. The van der Waals surface area contributed by atoms with Gasteiger partial charge in [0.1, 0.15) is 17.6 Å². The lowest BCUT2D eigenvalue weighted by Gasteiger charge is -2.16. The summed E-state index contributed by atoms with van der Waals surface area (Å²) in [6, 6.07) is 28.0. The molecular formula is C25H20ClNO3. The van der Waals surface area contributed by atoms with E-state index in [0.29, 0.717) is 17.1 Å². The molecule has 4 rings (SSSR count). The summed E-state index contributed by atoms with van der Waals surface area (Å²) in [6.07, 6.45) is -1.05. The molecule has 4 atom stereocenters. The van der Waals surface area contributed by atoms with Gasteiger partial charge < -0.3 is 9.47 Å². The van der Waals surface area contributed by atoms with Gasteiger partial charge in [0.2, 0.25) is 6.10 Å². The molecule has 0 spiro atoms. The first-order chi connectivity index (χ1) is 14.5. The fraction of sp³-hybridized carbons (Fsp3) is 0.200. The fourth-order valence-electron chi connectivity index (χ4n) is 3.64. The van der Waals surface area contributed by atoms with E-state index in [0.717, 1.165) is 5.56 Å². The van der Waals surface area contributed by atoms with Crippen LogP contribution in [0.1, 0.15) is 30.1 Å². The third-order valence-corrected chi connectivity index (χ3v) is 6.19. The van der Waals surface area contributed by atoms with Gasteiger partial charge in [0, 0.05) is 11.5 Å². The normalized spacial score (nSPS) is 23.1. The number of nitriles is 1. The molecule has 0 radical (unpaired) electrons. The lowest BCUT2D eigenvalue weighted by molar-refractivity contribution is -0.153. The molecule has 0 saturated heterocycles. The van der Waals surface area contributed by atoms with Gasteiger partial charge in [-0.3, -0.25) is 4.79 Å². The molecule has 0 heterocycles. The first-order valence-electron chi connectivity index (χ1n) is 9.66. The van der Waals surface area contributed by atoms with Crippen LogP contribution in [0.15, 0.2) is 84.9 Å². The number of para-hydroxylation sites is 1. The van der Waals surface area contributed by atoms with Gasteiger partial charge in [-0.15, -0.1) is 11.6 Å². The van der Waals surface area contributed by atoms with E-state index >= 15 is 0 Å². The zero-order valence-electron chi connectivity index (χ0n) is 16.4. The average Bonchev–Trinajstić information content (AvgIpc) is 3.35. The molecule has 4 nitrogen and oxygen atoms in total. The first-order valence-corrected chi connectivity index (χ1v) is 10.1. The second-order valence-electron chi connectivity index (χ2n) is 7.47. The van der Waals surface area contributed by atoms with E-state index in [9.17, 15) is 10.1 Å². The Hall–Kier alpha value is -3.29. The average molecular weight is 418 g/mol. The van der Waals surface area contributed by atoms with Crippen molar-refractivity contribution in [2.45, 2.75) is 24.3 Å². The maximum Gasteiger partial charge on any atom is 0.315 e. The number of nitrogens with zero attached hydrogens (tertiary/aromatic N) is 1. The van der Waals surface area contributed by atoms with E-state index in [1.54, 1.807) is 31.2 Å². The number of alkyl halides is 1. The summed E-state index contributed by atoms with van der Waals surface area (Å²) in [5.74, 6) is 0.628. The second kappa shape index (κ2) is 8.22. The number of esters is 1. The van der Waals surface area contributed by atoms with Crippen molar-refractivity contribution >= 4 is 17.6 Å². The zero-order chi connectivity index (χ0) is 21.1. The standard InChI is InChI=1S/C25H20ClNO3/c1-25(22(23(25)26)17-9-4-2-5-10-17)24(28)30-21(16-27)18-11-8-14-20(15-18)29-19-12-6-3-7-13-19/h2-15,21-23H,1H3/t21?,22-,23+,25+/m0/s1. The minimum absolute atomic E-state index is 0.139. The summed E-state index contributed by atoms with van der Waals surface area (Å²) in [5.41, 5.74) is 0.672. The number of carbonyl (C=O) groups is 1. The Kier molecular flexibility index (Phi) is 5.48. The Morgan fingerprint density at radius 3 is 2.30 bits per heavy atom. The number of ether oxygens (including phenoxy) is 2. The molecule has 5 heteroatoms. The van der Waals surface area contributed by atoms with Gasteiger partial charge in [-0.25, -0.2) is 0 Å². The maximum absolute atomic E-state index is 13.0. The molecule has 0 amide bonds. The van der Waals surface area contributed by atoms with Crippen LogP contribution in [0.4, 0.5) is 0 Å². The van der Waals surface area contributed by atoms with Crippen molar-refractivity contribution < 1.29 is 14.3 Å². The summed E-state index contributed by atoms with van der Waals surface area (Å²) in [5, 5.41) is 9.27. The Morgan fingerprint density at radius 1 is 1.00 bits per heavy atom. The van der Waals surface area contributed by atoms with E-state index in [1.165, 1.54) is 0 Å². The molecule has 1 aliphatic rings. The lowest BCUT2D eigenvalue weighted by Crippen LogP contribution is -2.21. The Morgan fingerprint density at radius 2 is 1.63 bits per heavy atom. The lowest BCUT2D eigenvalue weighted by atomic mass is 10.0. The monoisotopic (exact) mass is 417 g/mol. The van der Waals surface area contributed by atoms with Crippen molar-refractivity contribution in [2.24, 2.45) is 5.41 Å². The van der Waals surface area contributed by atoms with Crippen LogP contribution in [0.3, 0.4) is 0 Å². The van der Waals surface area contributed by atoms with Crippen LogP contribution in [-0.4, -0.2) is 11.3 Å². The van der Waals surface area contributed by atoms with Gasteiger partial charge in [0.15, 0.2) is 0 Å². The van der Waals surface area contributed by atoms with Crippen LogP contribution in [0.2, 0.25) is 0 Å². The van der Waals surface area contributed by atoms with Gasteiger partial charge >= 0.3 is 5.97 Å². The Balaban J connectivity index is 1.49. The molecule has 0 bridgehead atoms. The van der Waals surface area contributed by atoms with Crippen molar-refractivity contribution in [1.82, 2.24) is 0 Å². The molecule has 1 saturated carbocycles. The molecule has 3 aromatic rings. The SMILES string of the molecule is C[C@]1(C(=O)OC(C#N)c2cccc(Oc3ccccc3)c2)[C@H](Cl)[C@@H]1c1ccccc1. The smallest absolute Gasteiger partial charge is 0.315 e. The zero-order valence-corrected chi connectivity index (χ0v) is 17.1. The first kappa shape index (κ1) is 20.0. The van der Waals surface area contributed by atoms with Crippen molar-refractivity contribution in [3.63, 3.8) is 0 Å². The summed E-state index contributed by atoms with van der Waals surface area (Å²) >= 11 is 6.47. The number of halogens is 1. The van der Waals surface area contributed by atoms with Crippen LogP contribution < -0.4 is 4.74 Å². The molecule has 0 aliphatic heterocycles. The number of hydrogen-bond acceptors (Lipinski definition) is 4. The molecule has 1 aliphatic carbocycles. The molecule has 3 aromatic carbocycles. The largest absolute Gasteiger partial charge is 0.457 e. The number of benzene rings is 3. The predicted octanol–water partition coefficient (Wildman–Crippen LogP) is 6.00. The summed E-state index contributed by atoms with van der Waals surface area (Å²) in [7, 11) is 0. The summed E-state index contributed by atoms with van der Waals surface area (Å²) < 4.78 is 11.4. The number of carbonyl (C=O) groups excluding carboxylic acids is 1. The predicted molar refractivity (Wildman–Crippen MR) is 114 cm³/mol. The number of rotatable bonds is 6. The quantitative estimate of drug-likeness (QED) is 0.364. The van der Waals surface area contributed by atoms with Gasteiger partial charge in [0.05, 0.1) is 10.8 Å². The van der Waals surface area contributed by atoms with Crippen LogP contribution in [0, 0.1) is 16.7 Å². The molecular weight excluding hydrogens is 398 g/mol. The highest BCUT2D eigenvalue weighted by atomic mass is 35.5. The van der Waals surface area contributed by atoms with E-state index in [-0.39, 0.29) is 11.3 Å². The van der Waals surface area contributed by atoms with Crippen LogP contribution in [0.25, 0.3) is 0 Å². The minimum Gasteiger partial charge on any atom is -0.457 e. The fourth-order valence-corrected chi connectivity index (χ4v) is 4.20. The Bertz CT molecular complexity index is 1080. The molecule has 0 N–H and O–H groups in total. The van der Waals surface area contributed by atoms with Gasteiger partial charge in [-0.1, -0.05) is 60.7 Å². The molecule has 1 unspecified atom stereocenters. The summed E-state index contributed by atoms with van der Waals surface area (Å²) in [6.45, 7) is 1.79. The van der Waals surface area contributed by atoms with Gasteiger partial charge in [-0.2, -0.15) is 5.26 Å². The molecule has 30 heavy (non-hydrogen) atoms. The van der Waals surface area contributed by atoms with Crippen LogP contribution in [0.5, 0.6) is 11.5 Å². The second-order valence-corrected chi connectivity index (χ2v) is 7.95. The summed E-state index contributed by atoms with van der Waals surface area (Å²) in [4.78, 5) is 13.0. The highest BCUT2D eigenvalue weighted by Crippen LogP contribution is 2.63. The minimum atomic E-state index is -1.05. The topological polar surface area (TPSA) is 59.3 Å². The Labute approximate surface area is 180 Å². The van der Waals surface area contributed by atoms with Gasteiger partial charge in [0.25, 0.3) is 0 Å². The van der Waals surface area contributed by atoms with Gasteiger partial charge in [-0.05, 0) is 36.8 Å². The third kappa shape index (κ3) is 3.77. The van der Waals surface area contributed by atoms with Crippen molar-refractivity contribution in [2.75, 3.05) is 0 Å². The van der Waals surface area contributed by atoms with Crippen molar-refractivity contribution in [3.05, 3.63) is 96.1 Å². The third-order valence-electron chi connectivity index (χ3n) is 5.48. The highest BCUT2D eigenvalue weighted by Gasteiger charge is 2.67. The van der Waals surface area contributed by atoms with Crippen LogP contribution in [-0.2, 0) is 9.53 Å². The number of hydrogen-bond donors (Lipinski definition) is 0. The highest BCUT2D eigenvalue weighted by molar-refractivity contribution is 6.26. The van der Waals surface area contributed by atoms with Crippen molar-refractivity contribution in [1.29, 1.82) is 5.26 Å². The van der Waals surface area contributed by atoms with E-state index < -0.39 is 17.5 Å². The van der Waals surface area contributed by atoms with E-state index in [2.05, 4.69) is 6.07 Å². The molecule has 1 fully saturated rings. The van der Waals surface area contributed by atoms with Crippen LogP contribution >= 0.6 is 11.6 Å². The van der Waals surface area contributed by atoms with E-state index in [1.807, 2.05) is 60.7 Å². The van der Waals surface area contributed by atoms with Crippen molar-refractivity contribution in [3.8, 4) is 17.6 Å². The maximum atomic E-state index is 13.0. The van der Waals surface area contributed by atoms with E-state index in [4.69, 9.17) is 21.1 Å².